The second kappa shape index (κ2) is 51.1. The van der Waals surface area contributed by atoms with Crippen molar-refractivity contribution in [1.29, 1.82) is 0 Å². The van der Waals surface area contributed by atoms with Crippen molar-refractivity contribution in [1.82, 2.24) is 0 Å². The number of carbonyl (C=O) groups excluding carboxylic acids is 2. The largest absolute Gasteiger partial charge is 0.756 e. The van der Waals surface area contributed by atoms with E-state index in [1.165, 1.54) is 44.9 Å². The lowest BCUT2D eigenvalue weighted by atomic mass is 10.1. The topological polar surface area (TPSA) is 111 Å². The van der Waals surface area contributed by atoms with Crippen LogP contribution in [0.25, 0.3) is 0 Å². The summed E-state index contributed by atoms with van der Waals surface area (Å²) < 4.78 is 33.9. The third-order valence-electron chi connectivity index (χ3n) is 10.9. The van der Waals surface area contributed by atoms with Gasteiger partial charge in [0.05, 0.1) is 27.7 Å². The average Bonchev–Trinajstić information content (AvgIpc) is 3.33. The monoisotopic (exact) mass is 1010 g/mol. The van der Waals surface area contributed by atoms with Gasteiger partial charge < -0.3 is 27.9 Å². The van der Waals surface area contributed by atoms with Crippen LogP contribution >= 0.6 is 7.82 Å². The standard InChI is InChI=1S/C61H100NO8P/c1-6-8-10-12-14-16-18-19-20-21-22-23-24-25-26-27-28-29-30-31-32-33-34-35-36-37-38-39-40-41-42-43-44-46-48-50-52-54-61(64)70-59(58-69-71(65,66)68-56-55-62(3,4)5)57-67-60(63)53-51-49-47-45-17-15-13-11-9-7-2/h8,10,14,16,19-20,22-23,25-26,28-29,31-32,34-35,37-38,40-41,43-44,59H,6-7,9,11-13,15,17-18,21,24,27,30,33,36,39,42,45-58H2,1-5H3/b10-8-,16-14-,20-19-,23-22-,26-25-,29-28-,32-31-,35-34-,38-37-,41-40-,44-43-. The summed E-state index contributed by atoms with van der Waals surface area (Å²) in [5, 5.41) is 0. The second-order valence-corrected chi connectivity index (χ2v) is 20.3. The molecule has 0 aliphatic heterocycles. The van der Waals surface area contributed by atoms with Crippen molar-refractivity contribution in [2.24, 2.45) is 0 Å². The van der Waals surface area contributed by atoms with Crippen LogP contribution < -0.4 is 4.89 Å². The van der Waals surface area contributed by atoms with Crippen LogP contribution in [0.3, 0.4) is 0 Å². The Morgan fingerprint density at radius 2 is 0.803 bits per heavy atom. The van der Waals surface area contributed by atoms with Crippen molar-refractivity contribution in [3.8, 4) is 0 Å². The third-order valence-corrected chi connectivity index (χ3v) is 11.9. The predicted octanol–water partition coefficient (Wildman–Crippen LogP) is 16.3. The number of hydrogen-bond acceptors (Lipinski definition) is 8. The smallest absolute Gasteiger partial charge is 0.306 e. The molecule has 0 radical (unpaired) electrons. The van der Waals surface area contributed by atoms with E-state index < -0.39 is 32.5 Å². The van der Waals surface area contributed by atoms with E-state index in [1.54, 1.807) is 0 Å². The molecule has 0 aromatic carbocycles. The molecule has 0 aliphatic carbocycles. The number of quaternary nitrogens is 1. The fourth-order valence-electron chi connectivity index (χ4n) is 6.72. The van der Waals surface area contributed by atoms with Crippen molar-refractivity contribution in [2.45, 2.75) is 193 Å². The molecule has 71 heavy (non-hydrogen) atoms. The van der Waals surface area contributed by atoms with Gasteiger partial charge >= 0.3 is 11.9 Å². The lowest BCUT2D eigenvalue weighted by Gasteiger charge is -2.28. The zero-order valence-corrected chi connectivity index (χ0v) is 46.3. The van der Waals surface area contributed by atoms with Crippen molar-refractivity contribution >= 4 is 19.8 Å². The van der Waals surface area contributed by atoms with Crippen LogP contribution in [-0.2, 0) is 32.7 Å². The number of esters is 2. The van der Waals surface area contributed by atoms with Gasteiger partial charge in [-0.25, -0.2) is 0 Å². The summed E-state index contributed by atoms with van der Waals surface area (Å²) in [7, 11) is 1.12. The molecule has 0 fully saturated rings. The van der Waals surface area contributed by atoms with Crippen LogP contribution in [0, 0.1) is 0 Å². The van der Waals surface area contributed by atoms with Crippen LogP contribution in [0.5, 0.6) is 0 Å². The first-order valence-electron chi connectivity index (χ1n) is 27.4. The molecule has 2 unspecified atom stereocenters. The van der Waals surface area contributed by atoms with Crippen LogP contribution in [0.1, 0.15) is 187 Å². The van der Waals surface area contributed by atoms with E-state index in [0.29, 0.717) is 17.4 Å². The number of allylic oxidation sites excluding steroid dienone is 22. The predicted molar refractivity (Wildman–Crippen MR) is 300 cm³/mol. The minimum absolute atomic E-state index is 0.0438. The van der Waals surface area contributed by atoms with E-state index >= 15 is 0 Å². The summed E-state index contributed by atoms with van der Waals surface area (Å²) in [5.74, 6) is -0.884. The van der Waals surface area contributed by atoms with Crippen LogP contribution in [0.2, 0.25) is 0 Å². The summed E-state index contributed by atoms with van der Waals surface area (Å²) in [6.45, 7) is 4.03. The highest BCUT2D eigenvalue weighted by molar-refractivity contribution is 7.45. The maximum atomic E-state index is 12.7. The molecular weight excluding hydrogens is 906 g/mol. The van der Waals surface area contributed by atoms with Crippen LogP contribution in [0.4, 0.5) is 0 Å². The van der Waals surface area contributed by atoms with Gasteiger partial charge in [0.1, 0.15) is 19.8 Å². The molecule has 0 heterocycles. The molecule has 0 aromatic heterocycles. The quantitative estimate of drug-likeness (QED) is 0.0195. The van der Waals surface area contributed by atoms with Crippen molar-refractivity contribution in [3.63, 3.8) is 0 Å². The first-order chi connectivity index (χ1) is 34.5. The summed E-state index contributed by atoms with van der Waals surface area (Å²) >= 11 is 0. The molecule has 402 valence electrons. The van der Waals surface area contributed by atoms with Crippen molar-refractivity contribution in [2.75, 3.05) is 47.5 Å². The maximum absolute atomic E-state index is 12.7. The van der Waals surface area contributed by atoms with Gasteiger partial charge in [-0.05, 0) is 96.3 Å². The minimum Gasteiger partial charge on any atom is -0.756 e. The van der Waals surface area contributed by atoms with E-state index in [4.69, 9.17) is 18.5 Å². The Hall–Kier alpha value is -3.85. The Balaban J connectivity index is 4.21. The molecule has 2 atom stereocenters. The Morgan fingerprint density at radius 1 is 0.451 bits per heavy atom. The summed E-state index contributed by atoms with van der Waals surface area (Å²) in [6, 6.07) is 0. The van der Waals surface area contributed by atoms with E-state index in [2.05, 4.69) is 148 Å². The van der Waals surface area contributed by atoms with Gasteiger partial charge in [0, 0.05) is 12.8 Å². The number of likely N-dealkylation sites (N-methyl/N-ethyl adjacent to an activating group) is 1. The zero-order valence-electron chi connectivity index (χ0n) is 45.4. The molecule has 0 N–H and O–H groups in total. The summed E-state index contributed by atoms with van der Waals surface area (Å²) in [5.41, 5.74) is 0. The van der Waals surface area contributed by atoms with E-state index in [9.17, 15) is 19.0 Å². The number of unbranched alkanes of at least 4 members (excludes halogenated alkanes) is 12. The second-order valence-electron chi connectivity index (χ2n) is 18.9. The van der Waals surface area contributed by atoms with Crippen molar-refractivity contribution in [3.05, 3.63) is 134 Å². The highest BCUT2D eigenvalue weighted by atomic mass is 31.2. The van der Waals surface area contributed by atoms with Gasteiger partial charge in [-0.1, -0.05) is 212 Å². The molecule has 9 nitrogen and oxygen atoms in total. The molecule has 10 heteroatoms. The van der Waals surface area contributed by atoms with E-state index in [1.807, 2.05) is 21.1 Å². The maximum Gasteiger partial charge on any atom is 0.306 e. The number of phosphoric acid groups is 1. The van der Waals surface area contributed by atoms with Gasteiger partial charge in [-0.2, -0.15) is 0 Å². The SMILES string of the molecule is CC/C=C\C/C=C\C/C=C\C/C=C\C/C=C\C/C=C\C/C=C\C/C=C\C/C=C\C/C=C\C/C=C\CCCCCC(=O)OC(COC(=O)CCCCCCCCCCCC)COP(=O)([O-])OCC[N+](C)(C)C. The summed E-state index contributed by atoms with van der Waals surface area (Å²) in [6.07, 6.45) is 73.7. The number of rotatable bonds is 48. The molecule has 0 aromatic rings. The average molecular weight is 1010 g/mol. The molecule has 0 aliphatic rings. The Bertz CT molecular complexity index is 1660. The molecule has 0 rings (SSSR count). The lowest BCUT2D eigenvalue weighted by molar-refractivity contribution is -0.870. The highest BCUT2D eigenvalue weighted by Gasteiger charge is 2.21. The van der Waals surface area contributed by atoms with Crippen molar-refractivity contribution < 1.29 is 42.1 Å². The van der Waals surface area contributed by atoms with Gasteiger partial charge in [0.15, 0.2) is 6.10 Å². The minimum atomic E-state index is -4.64. The molecule has 0 saturated carbocycles. The van der Waals surface area contributed by atoms with E-state index in [0.717, 1.165) is 109 Å². The normalized spacial score (nSPS) is 14.4. The van der Waals surface area contributed by atoms with Gasteiger partial charge in [0.2, 0.25) is 0 Å². The fraction of sp³-hybridized carbons (Fsp3) is 0.607. The van der Waals surface area contributed by atoms with Crippen LogP contribution in [0.15, 0.2) is 134 Å². The first-order valence-corrected chi connectivity index (χ1v) is 28.9. The van der Waals surface area contributed by atoms with Gasteiger partial charge in [0.25, 0.3) is 7.82 Å². The van der Waals surface area contributed by atoms with Gasteiger partial charge in [-0.3, -0.25) is 14.2 Å². The fourth-order valence-corrected chi connectivity index (χ4v) is 7.45. The van der Waals surface area contributed by atoms with Crippen LogP contribution in [-0.4, -0.2) is 70.0 Å². The van der Waals surface area contributed by atoms with Gasteiger partial charge in [-0.15, -0.1) is 0 Å². The first kappa shape index (κ1) is 67.1. The summed E-state index contributed by atoms with van der Waals surface area (Å²) in [4.78, 5) is 37.6. The Kier molecular flexibility index (Phi) is 48.3. The third kappa shape index (κ3) is 55.3. The Morgan fingerprint density at radius 3 is 1.20 bits per heavy atom. The Labute approximate surface area is 434 Å². The molecule has 0 saturated heterocycles. The number of ether oxygens (including phenoxy) is 2. The lowest BCUT2D eigenvalue weighted by Crippen LogP contribution is -2.37. The van der Waals surface area contributed by atoms with E-state index in [-0.39, 0.29) is 26.1 Å². The highest BCUT2D eigenvalue weighted by Crippen LogP contribution is 2.38. The molecule has 0 bridgehead atoms. The number of hydrogen-bond donors (Lipinski definition) is 0. The molecule has 0 amide bonds. The number of nitrogens with zero attached hydrogens (tertiary/aromatic N) is 1. The molecular formula is C61H100NO8P. The number of carbonyl (C=O) groups is 2. The number of phosphoric ester groups is 1. The zero-order chi connectivity index (χ0) is 52.0. The molecule has 0 spiro atoms.